The average molecular weight is 488 g/mol. The lowest BCUT2D eigenvalue weighted by molar-refractivity contribution is -0.123. The van der Waals surface area contributed by atoms with E-state index in [1.54, 1.807) is 6.20 Å². The first-order valence-electron chi connectivity index (χ1n) is 10.6. The van der Waals surface area contributed by atoms with Crippen LogP contribution >= 0.6 is 0 Å². The van der Waals surface area contributed by atoms with Crippen LogP contribution in [0.5, 0.6) is 0 Å². The number of benzene rings is 2. The van der Waals surface area contributed by atoms with Gasteiger partial charge >= 0.3 is 0 Å². The highest BCUT2D eigenvalue weighted by molar-refractivity contribution is 7.89. The van der Waals surface area contributed by atoms with Crippen molar-refractivity contribution in [3.05, 3.63) is 77.2 Å². The Morgan fingerprint density at radius 3 is 2.47 bits per heavy atom. The second-order valence-electron chi connectivity index (χ2n) is 8.57. The molecule has 10 heteroatoms. The smallest absolute Gasteiger partial charge is 0.259 e. The van der Waals surface area contributed by atoms with E-state index in [0.717, 1.165) is 39.4 Å². The Morgan fingerprint density at radius 2 is 1.79 bits per heavy atom. The summed E-state index contributed by atoms with van der Waals surface area (Å²) in [5.41, 5.74) is 3.65. The summed E-state index contributed by atoms with van der Waals surface area (Å²) in [6, 6.07) is 11.6. The number of alkyl halides is 2. The normalized spacial score (nSPS) is 19.4. The lowest BCUT2D eigenvalue weighted by Gasteiger charge is -2.28. The predicted octanol–water partition coefficient (Wildman–Crippen LogP) is 3.47. The molecular formula is C24H20F3N3O3S. The monoisotopic (exact) mass is 487 g/mol. The van der Waals surface area contributed by atoms with Gasteiger partial charge in [-0.05, 0) is 59.9 Å². The van der Waals surface area contributed by atoms with Crippen LogP contribution in [0.3, 0.4) is 0 Å². The number of hydrogen-bond acceptors (Lipinski definition) is 4. The Balaban J connectivity index is 1.48. The zero-order valence-electron chi connectivity index (χ0n) is 17.8. The third kappa shape index (κ3) is 3.86. The number of pyridine rings is 1. The second-order valence-corrected chi connectivity index (χ2v) is 10.1. The number of rotatable bonds is 4. The highest BCUT2D eigenvalue weighted by Gasteiger charge is 2.43. The molecule has 2 aliphatic rings. The SMILES string of the molecule is NS(=O)(=O)c1cc2c(cc1F)CC(C(F)F)N2C(=O)C1Cc2ccc(-c3ccccn3)cc2C1. The van der Waals surface area contributed by atoms with Crippen molar-refractivity contribution >= 4 is 21.6 Å². The first-order valence-corrected chi connectivity index (χ1v) is 12.2. The van der Waals surface area contributed by atoms with E-state index < -0.39 is 45.0 Å². The minimum atomic E-state index is -4.44. The molecule has 2 unspecified atom stereocenters. The standard InChI is InChI=1S/C24H20F3N3O3S/c25-18-10-16-11-21(23(26)27)30(20(16)12-22(18)34(28,32)33)24(31)17-7-13-4-5-14(8-15(13)9-17)19-3-1-2-6-29-19/h1-6,8,10,12,17,21,23H,7,9,11H2,(H2,28,32,33). The van der Waals surface area contributed by atoms with Crippen molar-refractivity contribution in [3.8, 4) is 11.3 Å². The van der Waals surface area contributed by atoms with Gasteiger partial charge in [0.25, 0.3) is 6.43 Å². The number of fused-ring (bicyclic) bond motifs is 2. The van der Waals surface area contributed by atoms with E-state index in [1.807, 2.05) is 36.4 Å². The molecule has 2 atom stereocenters. The molecule has 0 saturated heterocycles. The Bertz CT molecular complexity index is 1400. The molecule has 176 valence electrons. The number of carbonyl (C=O) groups excluding carboxylic acids is 1. The van der Waals surface area contributed by atoms with Crippen molar-refractivity contribution in [1.82, 2.24) is 4.98 Å². The molecule has 0 radical (unpaired) electrons. The molecule has 2 N–H and O–H groups in total. The van der Waals surface area contributed by atoms with Crippen molar-refractivity contribution in [2.45, 2.75) is 36.6 Å². The van der Waals surface area contributed by atoms with E-state index in [2.05, 4.69) is 4.98 Å². The number of halogens is 3. The number of sulfonamides is 1. The van der Waals surface area contributed by atoms with Crippen LogP contribution < -0.4 is 10.0 Å². The van der Waals surface area contributed by atoms with Crippen molar-refractivity contribution in [2.75, 3.05) is 4.90 Å². The van der Waals surface area contributed by atoms with Crippen LogP contribution in [0.1, 0.15) is 16.7 Å². The number of nitrogens with zero attached hydrogens (tertiary/aromatic N) is 2. The quantitative estimate of drug-likeness (QED) is 0.610. The molecule has 0 saturated carbocycles. The van der Waals surface area contributed by atoms with Crippen LogP contribution in [0.15, 0.2) is 59.6 Å². The number of amides is 1. The van der Waals surface area contributed by atoms with Gasteiger partial charge in [-0.2, -0.15) is 0 Å². The van der Waals surface area contributed by atoms with Gasteiger partial charge in [-0.25, -0.2) is 26.7 Å². The summed E-state index contributed by atoms with van der Waals surface area (Å²) in [6.45, 7) is 0. The second kappa shape index (κ2) is 8.21. The molecular weight excluding hydrogens is 467 g/mol. The number of primary sulfonamides is 1. The van der Waals surface area contributed by atoms with Gasteiger partial charge in [0.2, 0.25) is 15.9 Å². The average Bonchev–Trinajstić information content (AvgIpc) is 3.38. The summed E-state index contributed by atoms with van der Waals surface area (Å²) in [5, 5.41) is 5.08. The first kappa shape index (κ1) is 22.5. The summed E-state index contributed by atoms with van der Waals surface area (Å²) < 4.78 is 65.7. The summed E-state index contributed by atoms with van der Waals surface area (Å²) in [4.78, 5) is 17.9. The van der Waals surface area contributed by atoms with Gasteiger partial charge in [0, 0.05) is 29.8 Å². The maximum Gasteiger partial charge on any atom is 0.259 e. The Labute approximate surface area is 194 Å². The highest BCUT2D eigenvalue weighted by Crippen LogP contribution is 2.40. The van der Waals surface area contributed by atoms with E-state index in [9.17, 15) is 26.4 Å². The number of aromatic nitrogens is 1. The van der Waals surface area contributed by atoms with Crippen LogP contribution in [-0.4, -0.2) is 31.8 Å². The van der Waals surface area contributed by atoms with Crippen molar-refractivity contribution < 1.29 is 26.4 Å². The van der Waals surface area contributed by atoms with Gasteiger partial charge in [-0.15, -0.1) is 0 Å². The van der Waals surface area contributed by atoms with Gasteiger partial charge in [0.1, 0.15) is 16.8 Å². The molecule has 1 aliphatic heterocycles. The lowest BCUT2D eigenvalue weighted by atomic mass is 10.0. The van der Waals surface area contributed by atoms with Gasteiger partial charge in [0.05, 0.1) is 5.69 Å². The van der Waals surface area contributed by atoms with Crippen LogP contribution in [0.2, 0.25) is 0 Å². The van der Waals surface area contributed by atoms with E-state index in [1.165, 1.54) is 0 Å². The van der Waals surface area contributed by atoms with Crippen LogP contribution in [-0.2, 0) is 34.1 Å². The number of carbonyl (C=O) groups is 1. The molecule has 3 aromatic rings. The van der Waals surface area contributed by atoms with Gasteiger partial charge in [-0.3, -0.25) is 9.78 Å². The first-order chi connectivity index (χ1) is 16.1. The Hall–Kier alpha value is -3.24. The Morgan fingerprint density at radius 1 is 1.03 bits per heavy atom. The van der Waals surface area contributed by atoms with Gasteiger partial charge in [0.15, 0.2) is 0 Å². The zero-order valence-corrected chi connectivity index (χ0v) is 18.6. The Kier molecular flexibility index (Phi) is 5.44. The molecule has 5 rings (SSSR count). The molecule has 1 amide bonds. The fraction of sp³-hybridized carbons (Fsp3) is 0.250. The maximum atomic E-state index is 14.3. The third-order valence-corrected chi connectivity index (χ3v) is 7.36. The fourth-order valence-corrected chi connectivity index (χ4v) is 5.46. The molecule has 6 nitrogen and oxygen atoms in total. The van der Waals surface area contributed by atoms with E-state index >= 15 is 0 Å². The molecule has 1 aromatic heterocycles. The van der Waals surface area contributed by atoms with Crippen LogP contribution in [0, 0.1) is 11.7 Å². The van der Waals surface area contributed by atoms with Crippen LogP contribution in [0.25, 0.3) is 11.3 Å². The molecule has 34 heavy (non-hydrogen) atoms. The molecule has 0 fully saturated rings. The van der Waals surface area contributed by atoms with Crippen molar-refractivity contribution in [1.29, 1.82) is 0 Å². The molecule has 0 spiro atoms. The van der Waals surface area contributed by atoms with Gasteiger partial charge in [-0.1, -0.05) is 18.2 Å². The summed E-state index contributed by atoms with van der Waals surface area (Å²) >= 11 is 0. The number of nitrogens with two attached hydrogens (primary N) is 1. The fourth-order valence-electron chi connectivity index (χ4n) is 4.85. The summed E-state index contributed by atoms with van der Waals surface area (Å²) in [7, 11) is -4.44. The van der Waals surface area contributed by atoms with Crippen molar-refractivity contribution in [2.24, 2.45) is 11.1 Å². The molecule has 0 bridgehead atoms. The topological polar surface area (TPSA) is 93.4 Å². The maximum absolute atomic E-state index is 14.3. The van der Waals surface area contributed by atoms with E-state index in [4.69, 9.17) is 5.14 Å². The predicted molar refractivity (Wildman–Crippen MR) is 119 cm³/mol. The largest absolute Gasteiger partial charge is 0.303 e. The van der Waals surface area contributed by atoms with E-state index in [-0.39, 0.29) is 17.7 Å². The molecule has 2 aromatic carbocycles. The number of hydrogen-bond donors (Lipinski definition) is 1. The highest BCUT2D eigenvalue weighted by atomic mass is 32.2. The van der Waals surface area contributed by atoms with E-state index in [0.29, 0.717) is 12.8 Å². The van der Waals surface area contributed by atoms with Crippen LogP contribution in [0.4, 0.5) is 18.9 Å². The molecule has 2 heterocycles. The minimum Gasteiger partial charge on any atom is -0.303 e. The number of anilines is 1. The lowest BCUT2D eigenvalue weighted by Crippen LogP contribution is -2.45. The van der Waals surface area contributed by atoms with Crippen molar-refractivity contribution in [3.63, 3.8) is 0 Å². The third-order valence-electron chi connectivity index (χ3n) is 6.44. The molecule has 1 aliphatic carbocycles. The van der Waals surface area contributed by atoms with Gasteiger partial charge < -0.3 is 4.90 Å². The zero-order chi connectivity index (χ0) is 24.2. The minimum absolute atomic E-state index is 0.0362. The summed E-state index contributed by atoms with van der Waals surface area (Å²) in [5.74, 6) is -2.28. The summed E-state index contributed by atoms with van der Waals surface area (Å²) in [6.07, 6.45) is -0.772.